The average molecular weight is 351 g/mol. The van der Waals surface area contributed by atoms with Crippen LogP contribution in [0.3, 0.4) is 0 Å². The first kappa shape index (κ1) is 18.4. The van der Waals surface area contributed by atoms with Gasteiger partial charge in [-0.2, -0.15) is 0 Å². The van der Waals surface area contributed by atoms with Crippen molar-refractivity contribution in [2.45, 2.75) is 39.0 Å². The zero-order valence-electron chi connectivity index (χ0n) is 15.7. The van der Waals surface area contributed by atoms with Crippen molar-refractivity contribution in [3.05, 3.63) is 59.8 Å². The Balaban J connectivity index is 1.49. The molecule has 0 aliphatic carbocycles. The van der Waals surface area contributed by atoms with Gasteiger partial charge in [-0.25, -0.2) is 4.98 Å². The first-order chi connectivity index (χ1) is 12.8. The van der Waals surface area contributed by atoms with E-state index in [1.807, 2.05) is 12.1 Å². The Hall–Kier alpha value is -2.36. The second-order valence-electron chi connectivity index (χ2n) is 7.13. The van der Waals surface area contributed by atoms with Gasteiger partial charge >= 0.3 is 0 Å². The van der Waals surface area contributed by atoms with E-state index in [2.05, 4.69) is 52.5 Å². The molecule has 1 N–H and O–H groups in total. The summed E-state index contributed by atoms with van der Waals surface area (Å²) in [4.78, 5) is 18.9. The molecule has 0 spiro atoms. The monoisotopic (exact) mass is 351 g/mol. The van der Waals surface area contributed by atoms with Gasteiger partial charge in [0.2, 0.25) is 0 Å². The minimum atomic E-state index is -0.0286. The van der Waals surface area contributed by atoms with E-state index in [1.54, 1.807) is 6.20 Å². The third-order valence-corrected chi connectivity index (χ3v) is 5.13. The predicted octanol–water partition coefficient (Wildman–Crippen LogP) is 4.07. The van der Waals surface area contributed by atoms with Crippen molar-refractivity contribution in [1.82, 2.24) is 10.3 Å². The molecule has 0 atom stereocenters. The second kappa shape index (κ2) is 9.37. The number of nitrogens with zero attached hydrogens (tertiary/aromatic N) is 2. The molecule has 0 bridgehead atoms. The second-order valence-corrected chi connectivity index (χ2v) is 7.13. The third kappa shape index (κ3) is 5.07. The lowest BCUT2D eigenvalue weighted by Gasteiger charge is -2.33. The van der Waals surface area contributed by atoms with Crippen molar-refractivity contribution in [2.24, 2.45) is 5.92 Å². The third-order valence-electron chi connectivity index (χ3n) is 5.13. The summed E-state index contributed by atoms with van der Waals surface area (Å²) in [5, 5.41) is 2.94. The normalized spacial score (nSPS) is 15.0. The van der Waals surface area contributed by atoms with Gasteiger partial charge in [-0.15, -0.1) is 0 Å². The van der Waals surface area contributed by atoms with Gasteiger partial charge in [-0.05, 0) is 49.3 Å². The van der Waals surface area contributed by atoms with Gasteiger partial charge in [0.15, 0.2) is 0 Å². The van der Waals surface area contributed by atoms with Gasteiger partial charge in [-0.3, -0.25) is 4.79 Å². The van der Waals surface area contributed by atoms with Crippen LogP contribution in [0, 0.1) is 5.92 Å². The SMILES string of the molecule is CCCCNC(=O)c1ccc(N2CCC(Cc3ccccc3)CC2)nc1. The molecule has 1 aromatic carbocycles. The molecular formula is C22H29N3O. The predicted molar refractivity (Wildman–Crippen MR) is 107 cm³/mol. The Morgan fingerprint density at radius 3 is 2.58 bits per heavy atom. The van der Waals surface area contributed by atoms with Crippen molar-refractivity contribution >= 4 is 11.7 Å². The summed E-state index contributed by atoms with van der Waals surface area (Å²) in [5.74, 6) is 1.70. The van der Waals surface area contributed by atoms with Crippen LogP contribution in [-0.4, -0.2) is 30.5 Å². The van der Waals surface area contributed by atoms with Gasteiger partial charge < -0.3 is 10.2 Å². The largest absolute Gasteiger partial charge is 0.357 e. The zero-order chi connectivity index (χ0) is 18.2. The van der Waals surface area contributed by atoms with Crippen LogP contribution >= 0.6 is 0 Å². The molecule has 2 aromatic rings. The van der Waals surface area contributed by atoms with Crippen molar-refractivity contribution in [3.63, 3.8) is 0 Å². The highest BCUT2D eigenvalue weighted by atomic mass is 16.1. The number of benzene rings is 1. The number of nitrogens with one attached hydrogen (secondary N) is 1. The quantitative estimate of drug-likeness (QED) is 0.765. The van der Waals surface area contributed by atoms with Crippen LogP contribution in [0.5, 0.6) is 0 Å². The summed E-state index contributed by atoms with van der Waals surface area (Å²) >= 11 is 0. The molecule has 1 aliphatic heterocycles. The van der Waals surface area contributed by atoms with Crippen molar-refractivity contribution in [1.29, 1.82) is 0 Å². The molecule has 4 nitrogen and oxygen atoms in total. The molecule has 0 radical (unpaired) electrons. The molecule has 1 amide bonds. The molecule has 2 heterocycles. The smallest absolute Gasteiger partial charge is 0.252 e. The zero-order valence-corrected chi connectivity index (χ0v) is 15.7. The Bertz CT molecular complexity index is 676. The molecule has 138 valence electrons. The van der Waals surface area contributed by atoms with E-state index >= 15 is 0 Å². The summed E-state index contributed by atoms with van der Waals surface area (Å²) in [5.41, 5.74) is 2.08. The number of anilines is 1. The van der Waals surface area contributed by atoms with E-state index in [-0.39, 0.29) is 5.91 Å². The highest BCUT2D eigenvalue weighted by Crippen LogP contribution is 2.24. The van der Waals surface area contributed by atoms with Gasteiger partial charge in [0.25, 0.3) is 5.91 Å². The van der Waals surface area contributed by atoms with Gasteiger partial charge in [0, 0.05) is 25.8 Å². The van der Waals surface area contributed by atoms with E-state index in [4.69, 9.17) is 0 Å². The van der Waals surface area contributed by atoms with Crippen LogP contribution in [0.2, 0.25) is 0 Å². The van der Waals surface area contributed by atoms with Crippen LogP contribution in [0.15, 0.2) is 48.7 Å². The summed E-state index contributed by atoms with van der Waals surface area (Å²) in [6.07, 6.45) is 7.34. The Morgan fingerprint density at radius 1 is 1.15 bits per heavy atom. The molecule has 0 unspecified atom stereocenters. The summed E-state index contributed by atoms with van der Waals surface area (Å²) in [7, 11) is 0. The molecule has 1 aromatic heterocycles. The van der Waals surface area contributed by atoms with Crippen LogP contribution in [-0.2, 0) is 6.42 Å². The summed E-state index contributed by atoms with van der Waals surface area (Å²) in [6, 6.07) is 14.6. The highest BCUT2D eigenvalue weighted by Gasteiger charge is 2.20. The lowest BCUT2D eigenvalue weighted by atomic mass is 9.90. The fourth-order valence-electron chi connectivity index (χ4n) is 3.50. The lowest BCUT2D eigenvalue weighted by Crippen LogP contribution is -2.35. The van der Waals surface area contributed by atoms with E-state index in [0.717, 1.165) is 44.2 Å². The number of hydrogen-bond donors (Lipinski definition) is 1. The van der Waals surface area contributed by atoms with Gasteiger partial charge in [0.05, 0.1) is 5.56 Å². The van der Waals surface area contributed by atoms with Crippen LogP contribution in [0.4, 0.5) is 5.82 Å². The summed E-state index contributed by atoms with van der Waals surface area (Å²) in [6.45, 7) is 4.91. The maximum atomic E-state index is 12.1. The lowest BCUT2D eigenvalue weighted by molar-refractivity contribution is 0.0953. The van der Waals surface area contributed by atoms with Gasteiger partial charge in [0.1, 0.15) is 5.82 Å². The highest BCUT2D eigenvalue weighted by molar-refractivity contribution is 5.94. The first-order valence-electron chi connectivity index (χ1n) is 9.79. The van der Waals surface area contributed by atoms with Crippen molar-refractivity contribution in [2.75, 3.05) is 24.5 Å². The maximum absolute atomic E-state index is 12.1. The van der Waals surface area contributed by atoms with E-state index < -0.39 is 0 Å². The topological polar surface area (TPSA) is 45.2 Å². The summed E-state index contributed by atoms with van der Waals surface area (Å²) < 4.78 is 0. The number of amides is 1. The van der Waals surface area contributed by atoms with Crippen molar-refractivity contribution in [3.8, 4) is 0 Å². The average Bonchev–Trinajstić information content (AvgIpc) is 2.70. The number of pyridine rings is 1. The first-order valence-corrected chi connectivity index (χ1v) is 9.79. The van der Waals surface area contributed by atoms with Crippen LogP contribution in [0.1, 0.15) is 48.5 Å². The Labute approximate surface area is 156 Å². The fraction of sp³-hybridized carbons (Fsp3) is 0.455. The van der Waals surface area contributed by atoms with E-state index in [1.165, 1.54) is 24.8 Å². The number of piperidine rings is 1. The molecule has 4 heteroatoms. The van der Waals surface area contributed by atoms with E-state index in [9.17, 15) is 4.79 Å². The van der Waals surface area contributed by atoms with Crippen molar-refractivity contribution < 1.29 is 4.79 Å². The number of rotatable bonds is 7. The minimum Gasteiger partial charge on any atom is -0.357 e. The Kier molecular flexibility index (Phi) is 6.64. The van der Waals surface area contributed by atoms with Crippen LogP contribution in [0.25, 0.3) is 0 Å². The van der Waals surface area contributed by atoms with E-state index in [0.29, 0.717) is 5.56 Å². The molecule has 1 fully saturated rings. The fourth-order valence-corrected chi connectivity index (χ4v) is 3.50. The molecule has 1 aliphatic rings. The standard InChI is InChI=1S/C22H29N3O/c1-2-3-13-23-22(26)20-9-10-21(24-17-20)25-14-11-19(12-15-25)16-18-7-5-4-6-8-18/h4-10,17,19H,2-3,11-16H2,1H3,(H,23,26). The molecule has 1 saturated heterocycles. The molecule has 26 heavy (non-hydrogen) atoms. The molecule has 0 saturated carbocycles. The Morgan fingerprint density at radius 2 is 1.92 bits per heavy atom. The number of unbranched alkanes of at least 4 members (excludes halogenated alkanes) is 1. The van der Waals surface area contributed by atoms with Crippen LogP contribution < -0.4 is 10.2 Å². The number of carbonyl (C=O) groups excluding carboxylic acids is 1. The number of carbonyl (C=O) groups is 1. The number of hydrogen-bond acceptors (Lipinski definition) is 3. The van der Waals surface area contributed by atoms with Gasteiger partial charge in [-0.1, -0.05) is 43.7 Å². The maximum Gasteiger partial charge on any atom is 0.252 e. The molecule has 3 rings (SSSR count). The minimum absolute atomic E-state index is 0.0286. The number of aromatic nitrogens is 1. The molecular weight excluding hydrogens is 322 g/mol.